The second-order valence-electron chi connectivity index (χ2n) is 5.88. The molecular formula is C14H16N2O3. The van der Waals surface area contributed by atoms with Crippen LogP contribution in [-0.2, 0) is 5.41 Å². The number of aromatic amines is 1. The second kappa shape index (κ2) is 3.44. The smallest absolute Gasteiger partial charge is 0.246 e. The molecule has 19 heavy (non-hydrogen) atoms. The Hall–Kier alpha value is -2.17. The summed E-state index contributed by atoms with van der Waals surface area (Å²) in [6.45, 7) is 7.77. The van der Waals surface area contributed by atoms with E-state index in [2.05, 4.69) is 10.2 Å². The minimum absolute atomic E-state index is 0.127. The molecule has 0 aliphatic rings. The molecule has 5 nitrogen and oxygen atoms in total. The molecule has 0 atom stereocenters. The quantitative estimate of drug-likeness (QED) is 0.541. The van der Waals surface area contributed by atoms with E-state index in [1.165, 1.54) is 6.07 Å². The third-order valence-electron chi connectivity index (χ3n) is 3.36. The summed E-state index contributed by atoms with van der Waals surface area (Å²) in [6, 6.07) is 1.52. The molecule has 0 radical (unpaired) electrons. The van der Waals surface area contributed by atoms with Gasteiger partial charge in [-0.3, -0.25) is 5.10 Å². The van der Waals surface area contributed by atoms with E-state index in [0.29, 0.717) is 16.9 Å². The molecule has 3 rings (SSSR count). The highest BCUT2D eigenvalue weighted by Gasteiger charge is 2.28. The lowest BCUT2D eigenvalue weighted by atomic mass is 9.85. The molecule has 5 heteroatoms. The van der Waals surface area contributed by atoms with Crippen LogP contribution >= 0.6 is 0 Å². The molecule has 0 saturated heterocycles. The van der Waals surface area contributed by atoms with Crippen molar-refractivity contribution in [1.82, 2.24) is 10.2 Å². The summed E-state index contributed by atoms with van der Waals surface area (Å²) in [7, 11) is 0. The van der Waals surface area contributed by atoms with Crippen molar-refractivity contribution in [2.45, 2.75) is 33.1 Å². The van der Waals surface area contributed by atoms with Crippen LogP contribution in [0, 0.1) is 6.92 Å². The van der Waals surface area contributed by atoms with Crippen molar-refractivity contribution in [2.75, 3.05) is 0 Å². The van der Waals surface area contributed by atoms with E-state index in [0.717, 1.165) is 16.5 Å². The monoisotopic (exact) mass is 260 g/mol. The van der Waals surface area contributed by atoms with Gasteiger partial charge in [-0.2, -0.15) is 0 Å². The van der Waals surface area contributed by atoms with Crippen LogP contribution in [0.5, 0.6) is 11.5 Å². The third kappa shape index (κ3) is 1.51. The van der Waals surface area contributed by atoms with E-state index in [9.17, 15) is 10.2 Å². The molecule has 0 unspecified atom stereocenters. The van der Waals surface area contributed by atoms with Gasteiger partial charge in [0, 0.05) is 16.6 Å². The van der Waals surface area contributed by atoms with Gasteiger partial charge in [-0.15, -0.1) is 5.10 Å². The number of aromatic nitrogens is 2. The number of rotatable bonds is 0. The van der Waals surface area contributed by atoms with Gasteiger partial charge in [-0.1, -0.05) is 20.8 Å². The maximum Gasteiger partial charge on any atom is 0.246 e. The van der Waals surface area contributed by atoms with E-state index >= 15 is 0 Å². The maximum atomic E-state index is 10.1. The van der Waals surface area contributed by atoms with Gasteiger partial charge in [0.1, 0.15) is 5.58 Å². The van der Waals surface area contributed by atoms with Crippen LogP contribution in [0.25, 0.3) is 22.1 Å². The Morgan fingerprint density at radius 3 is 2.58 bits per heavy atom. The van der Waals surface area contributed by atoms with Crippen molar-refractivity contribution in [1.29, 1.82) is 0 Å². The van der Waals surface area contributed by atoms with Gasteiger partial charge >= 0.3 is 0 Å². The van der Waals surface area contributed by atoms with Crippen molar-refractivity contribution in [3.8, 4) is 11.5 Å². The lowest BCUT2D eigenvalue weighted by Crippen LogP contribution is -2.11. The topological polar surface area (TPSA) is 82.3 Å². The first-order chi connectivity index (χ1) is 8.80. The summed E-state index contributed by atoms with van der Waals surface area (Å²) >= 11 is 0. The summed E-state index contributed by atoms with van der Waals surface area (Å²) in [5.74, 6) is -0.265. The molecule has 2 heterocycles. The van der Waals surface area contributed by atoms with Crippen LogP contribution in [0.15, 0.2) is 10.5 Å². The van der Waals surface area contributed by atoms with Crippen molar-refractivity contribution in [2.24, 2.45) is 0 Å². The molecule has 0 fully saturated rings. The normalized spacial score (nSPS) is 12.6. The molecular weight excluding hydrogens is 244 g/mol. The van der Waals surface area contributed by atoms with E-state index in [-0.39, 0.29) is 16.9 Å². The standard InChI is InChI=1S/C14H16N2O3/c1-6-9-7-5-8(17)11(18)10(14(2,3)4)12(7)19-13(9)16-15-6/h5,17-18H,1-4H3,(H,15,16). The maximum absolute atomic E-state index is 10.1. The number of aryl methyl sites for hydroxylation is 1. The van der Waals surface area contributed by atoms with Gasteiger partial charge < -0.3 is 14.6 Å². The average molecular weight is 260 g/mol. The molecule has 2 aromatic heterocycles. The number of furan rings is 1. The molecule has 3 N–H and O–H groups in total. The number of fused-ring (bicyclic) bond motifs is 3. The fraction of sp³-hybridized carbons (Fsp3) is 0.357. The molecule has 0 aliphatic carbocycles. The largest absolute Gasteiger partial charge is 0.504 e. The van der Waals surface area contributed by atoms with Crippen LogP contribution in [0.1, 0.15) is 32.0 Å². The highest BCUT2D eigenvalue weighted by molar-refractivity contribution is 6.07. The Kier molecular flexibility index (Phi) is 2.15. The zero-order valence-corrected chi connectivity index (χ0v) is 11.3. The summed E-state index contributed by atoms with van der Waals surface area (Å²) in [6.07, 6.45) is 0. The Balaban J connectivity index is 2.57. The fourth-order valence-electron chi connectivity index (χ4n) is 2.52. The van der Waals surface area contributed by atoms with Crippen molar-refractivity contribution in [3.05, 3.63) is 17.3 Å². The summed E-state index contributed by atoms with van der Waals surface area (Å²) < 4.78 is 5.75. The van der Waals surface area contributed by atoms with E-state index in [4.69, 9.17) is 4.42 Å². The van der Waals surface area contributed by atoms with Gasteiger partial charge in [-0.05, 0) is 18.4 Å². The minimum Gasteiger partial charge on any atom is -0.504 e. The SMILES string of the molecule is Cc1[nH]nc2oc3c(C(C)(C)C)c(O)c(O)cc3c12. The third-order valence-corrected chi connectivity index (χ3v) is 3.36. The lowest BCUT2D eigenvalue weighted by molar-refractivity contribution is 0.389. The number of phenolic OH excluding ortho intramolecular Hbond substituents is 2. The number of hydrogen-bond donors (Lipinski definition) is 3. The Bertz CT molecular complexity index is 791. The number of H-pyrrole nitrogens is 1. The Morgan fingerprint density at radius 1 is 1.26 bits per heavy atom. The van der Waals surface area contributed by atoms with Gasteiger partial charge in [0.05, 0.1) is 5.39 Å². The van der Waals surface area contributed by atoms with Crippen molar-refractivity contribution >= 4 is 22.1 Å². The van der Waals surface area contributed by atoms with E-state index in [1.807, 2.05) is 27.7 Å². The van der Waals surface area contributed by atoms with Gasteiger partial charge in [0.25, 0.3) is 0 Å². The van der Waals surface area contributed by atoms with Gasteiger partial charge in [0.2, 0.25) is 5.71 Å². The van der Waals surface area contributed by atoms with Crippen LogP contribution in [-0.4, -0.2) is 20.4 Å². The molecule has 0 amide bonds. The van der Waals surface area contributed by atoms with Crippen LogP contribution in [0.3, 0.4) is 0 Å². The fourth-order valence-corrected chi connectivity index (χ4v) is 2.52. The Morgan fingerprint density at radius 2 is 1.95 bits per heavy atom. The molecule has 1 aromatic carbocycles. The van der Waals surface area contributed by atoms with Gasteiger partial charge in [-0.25, -0.2) is 0 Å². The summed E-state index contributed by atoms with van der Waals surface area (Å²) in [4.78, 5) is 0. The predicted octanol–water partition coefficient (Wildman–Crippen LogP) is 3.33. The number of nitrogens with one attached hydrogen (secondary N) is 1. The highest BCUT2D eigenvalue weighted by Crippen LogP contribution is 2.45. The molecule has 0 aliphatic heterocycles. The zero-order valence-electron chi connectivity index (χ0n) is 11.3. The van der Waals surface area contributed by atoms with E-state index < -0.39 is 0 Å². The second-order valence-corrected chi connectivity index (χ2v) is 5.88. The van der Waals surface area contributed by atoms with Crippen LogP contribution in [0.2, 0.25) is 0 Å². The van der Waals surface area contributed by atoms with Crippen LogP contribution in [0.4, 0.5) is 0 Å². The number of nitrogens with zero attached hydrogens (tertiary/aromatic N) is 1. The molecule has 0 saturated carbocycles. The van der Waals surface area contributed by atoms with Crippen molar-refractivity contribution in [3.63, 3.8) is 0 Å². The van der Waals surface area contributed by atoms with E-state index in [1.54, 1.807) is 0 Å². The number of aromatic hydroxyl groups is 2. The van der Waals surface area contributed by atoms with Crippen molar-refractivity contribution < 1.29 is 14.6 Å². The Labute approximate surface area is 109 Å². The molecule has 0 spiro atoms. The molecule has 100 valence electrons. The first kappa shape index (κ1) is 11.9. The highest BCUT2D eigenvalue weighted by atomic mass is 16.3. The average Bonchev–Trinajstić information content (AvgIpc) is 2.79. The predicted molar refractivity (Wildman–Crippen MR) is 72.6 cm³/mol. The number of phenols is 2. The first-order valence-electron chi connectivity index (χ1n) is 6.13. The first-order valence-corrected chi connectivity index (χ1v) is 6.13. The summed E-state index contributed by atoms with van der Waals surface area (Å²) in [5.41, 5.74) is 2.19. The van der Waals surface area contributed by atoms with Crippen LogP contribution < -0.4 is 0 Å². The molecule has 3 aromatic rings. The minimum atomic E-state index is -0.353. The number of benzene rings is 1. The number of hydrogen-bond acceptors (Lipinski definition) is 4. The zero-order chi connectivity index (χ0) is 13.9. The summed E-state index contributed by atoms with van der Waals surface area (Å²) in [5, 5.41) is 28.6. The lowest BCUT2D eigenvalue weighted by Gasteiger charge is -2.21. The van der Waals surface area contributed by atoms with Gasteiger partial charge in [0.15, 0.2) is 11.5 Å². The molecule has 0 bridgehead atoms.